The number of nitrogen functional groups attached to an aromatic ring is 1. The van der Waals surface area contributed by atoms with E-state index in [0.717, 1.165) is 17.7 Å². The van der Waals surface area contributed by atoms with Gasteiger partial charge < -0.3 is 11.1 Å². The van der Waals surface area contributed by atoms with E-state index in [1.54, 1.807) is 18.3 Å². The number of sulfonamides is 1. The number of pyridine rings is 1. The summed E-state index contributed by atoms with van der Waals surface area (Å²) in [5, 5.41) is 8.24. The maximum atomic E-state index is 11.4. The zero-order chi connectivity index (χ0) is 15.5. The van der Waals surface area contributed by atoms with Gasteiger partial charge in [0.2, 0.25) is 10.0 Å². The fourth-order valence-electron chi connectivity index (χ4n) is 2.08. The lowest BCUT2D eigenvalue weighted by Gasteiger charge is -2.13. The average molecular weight is 306 g/mol. The molecule has 6 nitrogen and oxygen atoms in total. The van der Waals surface area contributed by atoms with E-state index in [-0.39, 0.29) is 10.6 Å². The van der Waals surface area contributed by atoms with Gasteiger partial charge in [0.05, 0.1) is 23.6 Å². The molecule has 0 radical (unpaired) electrons. The van der Waals surface area contributed by atoms with Crippen LogP contribution in [0.1, 0.15) is 18.2 Å². The Morgan fingerprint density at radius 2 is 2.00 bits per heavy atom. The predicted molar refractivity (Wildman–Crippen MR) is 83.2 cm³/mol. The molecule has 0 amide bonds. The normalized spacial score (nSPS) is 11.3. The molecule has 2 aromatic rings. The van der Waals surface area contributed by atoms with E-state index < -0.39 is 10.0 Å². The fourth-order valence-corrected chi connectivity index (χ4v) is 2.76. The van der Waals surface area contributed by atoms with Crippen LogP contribution in [0.15, 0.2) is 41.4 Å². The molecule has 1 heterocycles. The third-order valence-corrected chi connectivity index (χ3v) is 4.15. The molecule has 0 aliphatic heterocycles. The van der Waals surface area contributed by atoms with Gasteiger partial charge in [0, 0.05) is 6.20 Å². The molecule has 0 bridgehead atoms. The summed E-state index contributed by atoms with van der Waals surface area (Å²) in [6.45, 7) is 2.51. The number of aromatic nitrogens is 1. The molecule has 0 saturated carbocycles. The number of aryl methyl sites for hydroxylation is 1. The number of nitrogens with zero attached hydrogens (tertiary/aromatic N) is 1. The molecule has 1 aromatic carbocycles. The minimum atomic E-state index is -3.83. The van der Waals surface area contributed by atoms with E-state index in [1.807, 2.05) is 12.1 Å². The maximum Gasteiger partial charge on any atom is 0.240 e. The Balaban J connectivity index is 2.25. The van der Waals surface area contributed by atoms with E-state index in [2.05, 4.69) is 17.2 Å². The van der Waals surface area contributed by atoms with Crippen LogP contribution in [0.5, 0.6) is 0 Å². The first-order chi connectivity index (χ1) is 9.93. The molecule has 0 fully saturated rings. The predicted octanol–water partition coefficient (Wildman–Crippen LogP) is 1.49. The van der Waals surface area contributed by atoms with Gasteiger partial charge in [-0.15, -0.1) is 0 Å². The zero-order valence-electron chi connectivity index (χ0n) is 11.7. The summed E-state index contributed by atoms with van der Waals surface area (Å²) < 4.78 is 22.9. The van der Waals surface area contributed by atoms with E-state index >= 15 is 0 Å². The number of benzene rings is 1. The Kier molecular flexibility index (Phi) is 4.44. The number of anilines is 2. The van der Waals surface area contributed by atoms with Crippen LogP contribution in [0.3, 0.4) is 0 Å². The van der Waals surface area contributed by atoms with Gasteiger partial charge in [-0.05, 0) is 30.2 Å². The van der Waals surface area contributed by atoms with Crippen molar-refractivity contribution in [1.82, 2.24) is 4.98 Å². The molecule has 0 spiro atoms. The third-order valence-electron chi connectivity index (χ3n) is 3.18. The number of nitrogens with two attached hydrogens (primary N) is 2. The summed E-state index contributed by atoms with van der Waals surface area (Å²) >= 11 is 0. The Hall–Kier alpha value is -2.12. The first-order valence-electron chi connectivity index (χ1n) is 6.51. The number of nitrogens with one attached hydrogen (secondary N) is 1. The Bertz CT molecular complexity index is 744. The number of hydrogen-bond acceptors (Lipinski definition) is 5. The Labute approximate surface area is 124 Å². The van der Waals surface area contributed by atoms with Gasteiger partial charge in [0.1, 0.15) is 4.90 Å². The number of primary sulfonamides is 1. The van der Waals surface area contributed by atoms with Crippen molar-refractivity contribution in [2.75, 3.05) is 11.1 Å². The quantitative estimate of drug-likeness (QED) is 0.725. The lowest BCUT2D eigenvalue weighted by atomic mass is 10.1. The first-order valence-corrected chi connectivity index (χ1v) is 8.06. The molecule has 112 valence electrons. The number of hydrogen-bond donors (Lipinski definition) is 3. The molecule has 5 N–H and O–H groups in total. The van der Waals surface area contributed by atoms with Crippen molar-refractivity contribution in [2.24, 2.45) is 5.14 Å². The van der Waals surface area contributed by atoms with Gasteiger partial charge >= 0.3 is 0 Å². The van der Waals surface area contributed by atoms with Crippen molar-refractivity contribution < 1.29 is 8.42 Å². The number of rotatable bonds is 5. The Morgan fingerprint density at radius 3 is 2.67 bits per heavy atom. The molecule has 0 unspecified atom stereocenters. The summed E-state index contributed by atoms with van der Waals surface area (Å²) in [4.78, 5) is 4.24. The highest BCUT2D eigenvalue weighted by molar-refractivity contribution is 7.89. The van der Waals surface area contributed by atoms with Gasteiger partial charge in [-0.3, -0.25) is 4.98 Å². The topological polar surface area (TPSA) is 111 Å². The molecular formula is C14H18N4O2S. The van der Waals surface area contributed by atoms with Gasteiger partial charge in [-0.1, -0.05) is 19.1 Å². The van der Waals surface area contributed by atoms with Gasteiger partial charge in [0.25, 0.3) is 0 Å². The molecule has 0 saturated heterocycles. The van der Waals surface area contributed by atoms with Crippen LogP contribution in [0.2, 0.25) is 0 Å². The van der Waals surface area contributed by atoms with Crippen LogP contribution in [0.4, 0.5) is 11.4 Å². The van der Waals surface area contributed by atoms with Crippen molar-refractivity contribution in [3.8, 4) is 0 Å². The maximum absolute atomic E-state index is 11.4. The second-order valence-electron chi connectivity index (χ2n) is 4.58. The van der Waals surface area contributed by atoms with Gasteiger partial charge in [-0.25, -0.2) is 13.6 Å². The molecule has 7 heteroatoms. The molecule has 0 aliphatic rings. The first kappa shape index (κ1) is 15.3. The van der Waals surface area contributed by atoms with E-state index in [1.165, 1.54) is 6.07 Å². The Morgan fingerprint density at radius 1 is 1.24 bits per heavy atom. The van der Waals surface area contributed by atoms with Crippen molar-refractivity contribution >= 4 is 21.4 Å². The van der Waals surface area contributed by atoms with Crippen molar-refractivity contribution in [1.29, 1.82) is 0 Å². The SMILES string of the molecule is CCc1cccnc1CNc1cccc(S(N)(=O)=O)c1N. The third kappa shape index (κ3) is 3.50. The van der Waals surface area contributed by atoms with E-state index in [9.17, 15) is 8.42 Å². The summed E-state index contributed by atoms with van der Waals surface area (Å²) in [6, 6.07) is 8.58. The largest absolute Gasteiger partial charge is 0.396 e. The second-order valence-corrected chi connectivity index (χ2v) is 6.11. The van der Waals surface area contributed by atoms with Crippen molar-refractivity contribution in [3.63, 3.8) is 0 Å². The van der Waals surface area contributed by atoms with Crippen molar-refractivity contribution in [3.05, 3.63) is 47.8 Å². The summed E-state index contributed by atoms with van der Waals surface area (Å²) in [6.07, 6.45) is 2.60. The molecule has 2 rings (SSSR count). The highest BCUT2D eigenvalue weighted by Crippen LogP contribution is 2.26. The van der Waals surface area contributed by atoms with Crippen LogP contribution in [0, 0.1) is 0 Å². The highest BCUT2D eigenvalue weighted by atomic mass is 32.2. The molecular weight excluding hydrogens is 288 g/mol. The van der Waals surface area contributed by atoms with Crippen LogP contribution in [0.25, 0.3) is 0 Å². The van der Waals surface area contributed by atoms with Gasteiger partial charge in [0.15, 0.2) is 0 Å². The van der Waals surface area contributed by atoms with Crippen molar-refractivity contribution in [2.45, 2.75) is 24.8 Å². The van der Waals surface area contributed by atoms with Crippen LogP contribution in [-0.4, -0.2) is 13.4 Å². The summed E-state index contributed by atoms with van der Waals surface area (Å²) in [5.74, 6) is 0. The van der Waals surface area contributed by atoms with Gasteiger partial charge in [-0.2, -0.15) is 0 Å². The number of para-hydroxylation sites is 1. The molecule has 0 atom stereocenters. The lowest BCUT2D eigenvalue weighted by Crippen LogP contribution is -2.15. The van der Waals surface area contributed by atoms with Crippen LogP contribution < -0.4 is 16.2 Å². The summed E-state index contributed by atoms with van der Waals surface area (Å²) in [5.41, 5.74) is 8.54. The minimum absolute atomic E-state index is 0.0794. The molecule has 1 aromatic heterocycles. The standard InChI is InChI=1S/C14H18N4O2S/c1-2-10-5-4-8-17-12(10)9-18-11-6-3-7-13(14(11)15)21(16,19)20/h3-8,18H,2,9,15H2,1H3,(H2,16,19,20). The monoisotopic (exact) mass is 306 g/mol. The second kappa shape index (κ2) is 6.11. The van der Waals surface area contributed by atoms with Crippen LogP contribution in [-0.2, 0) is 23.0 Å². The minimum Gasteiger partial charge on any atom is -0.396 e. The zero-order valence-corrected chi connectivity index (χ0v) is 12.5. The van der Waals surface area contributed by atoms with E-state index in [0.29, 0.717) is 12.2 Å². The van der Waals surface area contributed by atoms with E-state index in [4.69, 9.17) is 10.9 Å². The smallest absolute Gasteiger partial charge is 0.240 e. The highest BCUT2D eigenvalue weighted by Gasteiger charge is 2.14. The average Bonchev–Trinajstić information content (AvgIpc) is 2.45. The summed E-state index contributed by atoms with van der Waals surface area (Å²) in [7, 11) is -3.83. The molecule has 0 aliphatic carbocycles. The van der Waals surface area contributed by atoms with Crippen LogP contribution >= 0.6 is 0 Å². The fraction of sp³-hybridized carbons (Fsp3) is 0.214. The molecule has 21 heavy (non-hydrogen) atoms. The lowest BCUT2D eigenvalue weighted by molar-refractivity contribution is 0.598.